The number of hydrogen-bond acceptors (Lipinski definition) is 9. The molecule has 1 saturated heterocycles. The summed E-state index contributed by atoms with van der Waals surface area (Å²) in [5.74, 6) is 0.462. The molecule has 2 aromatic heterocycles. The van der Waals surface area contributed by atoms with Gasteiger partial charge in [-0.2, -0.15) is 0 Å². The maximum Gasteiger partial charge on any atom is 0.275 e. The van der Waals surface area contributed by atoms with Crippen LogP contribution in [-0.2, 0) is 4.79 Å². The maximum absolute atomic E-state index is 12.7. The Hall–Kier alpha value is -4.12. The van der Waals surface area contributed by atoms with Gasteiger partial charge in [-0.3, -0.25) is 14.4 Å². The SMILES string of the molecule is COc1ccc(C(=O)CCC(=O)N2CCC(c3nc(C(=O)Nc4cccc5nonc45)cs3)CC2)cc1. The lowest BCUT2D eigenvalue weighted by Gasteiger charge is -2.31. The average Bonchev–Trinajstić information content (AvgIpc) is 3.63. The zero-order chi connectivity index (χ0) is 25.8. The Morgan fingerprint density at radius 3 is 2.62 bits per heavy atom. The lowest BCUT2D eigenvalue weighted by molar-refractivity contribution is -0.132. The molecule has 1 fully saturated rings. The second-order valence-corrected chi connectivity index (χ2v) is 9.66. The van der Waals surface area contributed by atoms with Crippen molar-refractivity contribution < 1.29 is 23.7 Å². The second kappa shape index (κ2) is 10.9. The van der Waals surface area contributed by atoms with E-state index in [2.05, 4.69) is 20.6 Å². The number of nitrogens with one attached hydrogen (secondary N) is 1. The minimum Gasteiger partial charge on any atom is -0.497 e. The monoisotopic (exact) mass is 519 g/mol. The Labute approximate surface area is 216 Å². The highest BCUT2D eigenvalue weighted by Gasteiger charge is 2.27. The lowest BCUT2D eigenvalue weighted by atomic mass is 9.97. The van der Waals surface area contributed by atoms with E-state index in [1.807, 2.05) is 4.90 Å². The Kier molecular flexibility index (Phi) is 7.22. The van der Waals surface area contributed by atoms with Crippen molar-refractivity contribution in [2.75, 3.05) is 25.5 Å². The van der Waals surface area contributed by atoms with Crippen molar-refractivity contribution >= 4 is 45.7 Å². The number of likely N-dealkylation sites (tertiary alicyclic amines) is 1. The number of carbonyl (C=O) groups is 3. The van der Waals surface area contributed by atoms with Crippen molar-refractivity contribution in [2.45, 2.75) is 31.6 Å². The average molecular weight is 520 g/mol. The van der Waals surface area contributed by atoms with Gasteiger partial charge in [0.1, 0.15) is 17.0 Å². The normalized spacial score (nSPS) is 14.0. The molecule has 4 aromatic rings. The fourth-order valence-corrected chi connectivity index (χ4v) is 5.32. The molecule has 0 aliphatic carbocycles. The van der Waals surface area contributed by atoms with Gasteiger partial charge in [0.05, 0.1) is 17.8 Å². The molecule has 0 spiro atoms. The van der Waals surface area contributed by atoms with Gasteiger partial charge in [-0.25, -0.2) is 9.61 Å². The summed E-state index contributed by atoms with van der Waals surface area (Å²) in [5, 5.41) is 13.1. The zero-order valence-corrected chi connectivity index (χ0v) is 21.0. The smallest absolute Gasteiger partial charge is 0.275 e. The van der Waals surface area contributed by atoms with E-state index >= 15 is 0 Å². The summed E-state index contributed by atoms with van der Waals surface area (Å²) in [6, 6.07) is 12.1. The number of piperidine rings is 1. The number of hydrogen-bond donors (Lipinski definition) is 1. The van der Waals surface area contributed by atoms with Gasteiger partial charge >= 0.3 is 0 Å². The molecule has 10 nitrogen and oxygen atoms in total. The summed E-state index contributed by atoms with van der Waals surface area (Å²) in [6.07, 6.45) is 1.88. The Balaban J connectivity index is 1.11. The number of carbonyl (C=O) groups excluding carboxylic acids is 3. The highest BCUT2D eigenvalue weighted by atomic mass is 32.1. The molecule has 0 unspecified atom stereocenters. The number of fused-ring (bicyclic) bond motifs is 1. The predicted molar refractivity (Wildman–Crippen MR) is 137 cm³/mol. The van der Waals surface area contributed by atoms with Gasteiger partial charge in [0, 0.05) is 42.8 Å². The third-order valence-electron chi connectivity index (χ3n) is 6.46. The van der Waals surface area contributed by atoms with E-state index in [1.54, 1.807) is 55.0 Å². The quantitative estimate of drug-likeness (QED) is 0.341. The van der Waals surface area contributed by atoms with Crippen LogP contribution in [0.15, 0.2) is 52.5 Å². The number of benzene rings is 2. The van der Waals surface area contributed by atoms with Gasteiger partial charge in [0.2, 0.25) is 5.91 Å². The van der Waals surface area contributed by atoms with E-state index in [0.717, 1.165) is 17.8 Å². The number of methoxy groups -OCH3 is 1. The van der Waals surface area contributed by atoms with Gasteiger partial charge in [0.15, 0.2) is 11.3 Å². The zero-order valence-electron chi connectivity index (χ0n) is 20.2. The topological polar surface area (TPSA) is 128 Å². The standard InChI is InChI=1S/C26H25N5O5S/c1-35-18-7-5-16(6-8-18)22(32)9-10-23(33)31-13-11-17(12-14-31)26-28-21(15-37-26)25(34)27-19-3-2-4-20-24(19)30-36-29-20/h2-8,15,17H,9-14H2,1H3,(H,27,34). The first-order valence-electron chi connectivity index (χ1n) is 11.9. The van der Waals surface area contributed by atoms with E-state index in [4.69, 9.17) is 9.37 Å². The molecule has 11 heteroatoms. The summed E-state index contributed by atoms with van der Waals surface area (Å²) in [6.45, 7) is 1.20. The van der Waals surface area contributed by atoms with E-state index in [0.29, 0.717) is 46.8 Å². The Bertz CT molecular complexity index is 1420. The molecule has 2 aromatic carbocycles. The highest BCUT2D eigenvalue weighted by Crippen LogP contribution is 2.31. The fraction of sp³-hybridized carbons (Fsp3) is 0.308. The number of rotatable bonds is 8. The van der Waals surface area contributed by atoms with Crippen LogP contribution in [0.3, 0.4) is 0 Å². The van der Waals surface area contributed by atoms with Crippen molar-refractivity contribution in [3.05, 3.63) is 64.1 Å². The number of aromatic nitrogens is 3. The van der Waals surface area contributed by atoms with Crippen molar-refractivity contribution in [3.8, 4) is 5.75 Å². The highest BCUT2D eigenvalue weighted by molar-refractivity contribution is 7.10. The number of ketones is 1. The summed E-state index contributed by atoms with van der Waals surface area (Å²) in [5.41, 5.74) is 2.46. The minimum atomic E-state index is -0.327. The largest absolute Gasteiger partial charge is 0.497 e. The van der Waals surface area contributed by atoms with Crippen LogP contribution in [0, 0.1) is 0 Å². The van der Waals surface area contributed by atoms with Crippen LogP contribution in [0.4, 0.5) is 5.69 Å². The number of amides is 2. The first-order valence-corrected chi connectivity index (χ1v) is 12.8. The molecule has 1 aliphatic heterocycles. The van der Waals surface area contributed by atoms with Gasteiger partial charge < -0.3 is 15.0 Å². The van der Waals surface area contributed by atoms with Crippen LogP contribution in [0.2, 0.25) is 0 Å². The molecule has 3 heterocycles. The van der Waals surface area contributed by atoms with Gasteiger partial charge in [0.25, 0.3) is 5.91 Å². The molecule has 0 atom stereocenters. The third kappa shape index (κ3) is 5.51. The summed E-state index contributed by atoms with van der Waals surface area (Å²) < 4.78 is 9.86. The maximum atomic E-state index is 12.7. The molecule has 190 valence electrons. The molecular formula is C26H25N5O5S. The van der Waals surface area contributed by atoms with Gasteiger partial charge in [-0.1, -0.05) is 6.07 Å². The van der Waals surface area contributed by atoms with Crippen molar-refractivity contribution in [3.63, 3.8) is 0 Å². The molecular weight excluding hydrogens is 494 g/mol. The van der Waals surface area contributed by atoms with Crippen LogP contribution < -0.4 is 10.1 Å². The molecule has 0 radical (unpaired) electrons. The van der Waals surface area contributed by atoms with Gasteiger partial charge in [-0.05, 0) is 59.6 Å². The molecule has 2 amide bonds. The number of nitrogens with zero attached hydrogens (tertiary/aromatic N) is 4. The summed E-state index contributed by atoms with van der Waals surface area (Å²) >= 11 is 1.45. The van der Waals surface area contributed by atoms with Crippen LogP contribution >= 0.6 is 11.3 Å². The van der Waals surface area contributed by atoms with E-state index < -0.39 is 0 Å². The van der Waals surface area contributed by atoms with Crippen LogP contribution in [0.5, 0.6) is 5.75 Å². The molecule has 5 rings (SSSR count). The first-order chi connectivity index (χ1) is 18.0. The van der Waals surface area contributed by atoms with Crippen molar-refractivity contribution in [1.82, 2.24) is 20.2 Å². The molecule has 37 heavy (non-hydrogen) atoms. The van der Waals surface area contributed by atoms with Crippen LogP contribution in [0.25, 0.3) is 11.0 Å². The summed E-state index contributed by atoms with van der Waals surface area (Å²) in [7, 11) is 1.57. The lowest BCUT2D eigenvalue weighted by Crippen LogP contribution is -2.38. The van der Waals surface area contributed by atoms with Crippen molar-refractivity contribution in [2.24, 2.45) is 0 Å². The number of anilines is 1. The van der Waals surface area contributed by atoms with Gasteiger partial charge in [-0.15, -0.1) is 11.3 Å². The molecule has 1 N–H and O–H groups in total. The Morgan fingerprint density at radius 2 is 1.86 bits per heavy atom. The number of ether oxygens (including phenoxy) is 1. The number of thiazole rings is 1. The van der Waals surface area contributed by atoms with Crippen LogP contribution in [0.1, 0.15) is 57.5 Å². The van der Waals surface area contributed by atoms with E-state index in [-0.39, 0.29) is 36.4 Å². The minimum absolute atomic E-state index is 0.0176. The summed E-state index contributed by atoms with van der Waals surface area (Å²) in [4.78, 5) is 44.2. The second-order valence-electron chi connectivity index (χ2n) is 8.77. The fourth-order valence-electron chi connectivity index (χ4n) is 4.35. The third-order valence-corrected chi connectivity index (χ3v) is 7.47. The first kappa shape index (κ1) is 24.6. The van der Waals surface area contributed by atoms with Crippen LogP contribution in [-0.4, -0.2) is 58.0 Å². The van der Waals surface area contributed by atoms with Crippen molar-refractivity contribution in [1.29, 1.82) is 0 Å². The van der Waals surface area contributed by atoms with E-state index in [9.17, 15) is 14.4 Å². The molecule has 1 aliphatic rings. The molecule has 0 saturated carbocycles. The predicted octanol–water partition coefficient (Wildman–Crippen LogP) is 4.31. The van der Waals surface area contributed by atoms with E-state index in [1.165, 1.54) is 11.3 Å². The Morgan fingerprint density at radius 1 is 1.08 bits per heavy atom. The number of Topliss-reactive ketones (excluding diaryl/α,β-unsaturated/α-hetero) is 1. The molecule has 0 bridgehead atoms.